The number of hydrogen-bond acceptors (Lipinski definition) is 6. The van der Waals surface area contributed by atoms with E-state index < -0.39 is 0 Å². The Hall–Kier alpha value is -5.17. The third kappa shape index (κ3) is 5.15. The molecule has 0 saturated heterocycles. The van der Waals surface area contributed by atoms with Crippen molar-refractivity contribution in [2.45, 2.75) is 53.0 Å². The van der Waals surface area contributed by atoms with Crippen molar-refractivity contribution in [3.05, 3.63) is 126 Å². The van der Waals surface area contributed by atoms with Crippen LogP contribution in [0.4, 0.5) is 28.6 Å². The van der Waals surface area contributed by atoms with Crippen molar-refractivity contribution in [3.8, 4) is 5.69 Å². The van der Waals surface area contributed by atoms with E-state index >= 15 is 0 Å². The second kappa shape index (κ2) is 11.6. The van der Waals surface area contributed by atoms with Gasteiger partial charge in [-0.3, -0.25) is 0 Å². The zero-order chi connectivity index (χ0) is 32.0. The number of aliphatic imine (C=N–C) groups is 2. The van der Waals surface area contributed by atoms with Crippen LogP contribution in [0.2, 0.25) is 0 Å². The fourth-order valence-electron chi connectivity index (χ4n) is 6.51. The Balaban J connectivity index is 1.41. The van der Waals surface area contributed by atoms with Crippen LogP contribution in [-0.2, 0) is 5.41 Å². The number of nitrogens with zero attached hydrogens (tertiary/aromatic N) is 6. The molecule has 0 amide bonds. The molecule has 0 saturated carbocycles. The molecule has 0 bridgehead atoms. The Bertz CT molecular complexity index is 1920. The SMILES string of the molecule is CCN(CC)c1ccc(NC2=Nc3ccccc3N3C2=Nc2c(c(C)nn2-c2ccccc2)[C@H]3c2ccc(C(C)(C)C)cc2)cc1. The summed E-state index contributed by atoms with van der Waals surface area (Å²) in [7, 11) is 0. The highest BCUT2D eigenvalue weighted by atomic mass is 15.4. The number of hydrogen-bond donors (Lipinski definition) is 1. The molecular formula is C39H41N7. The minimum Gasteiger partial charge on any atom is -0.372 e. The van der Waals surface area contributed by atoms with Gasteiger partial charge < -0.3 is 15.1 Å². The molecule has 232 valence electrons. The minimum absolute atomic E-state index is 0.0549. The van der Waals surface area contributed by atoms with Crippen LogP contribution in [0, 0.1) is 6.92 Å². The lowest BCUT2D eigenvalue weighted by Crippen LogP contribution is -2.46. The van der Waals surface area contributed by atoms with Crippen molar-refractivity contribution in [1.82, 2.24) is 9.78 Å². The van der Waals surface area contributed by atoms with Crippen LogP contribution in [0.1, 0.15) is 63.0 Å². The average molecular weight is 608 g/mol. The van der Waals surface area contributed by atoms with Gasteiger partial charge in [-0.25, -0.2) is 14.7 Å². The van der Waals surface area contributed by atoms with Crippen LogP contribution in [0.25, 0.3) is 5.69 Å². The Labute approximate surface area is 271 Å². The summed E-state index contributed by atoms with van der Waals surface area (Å²) in [6, 6.07) is 36.1. The van der Waals surface area contributed by atoms with E-state index in [1.807, 2.05) is 28.9 Å². The summed E-state index contributed by atoms with van der Waals surface area (Å²) < 4.78 is 1.97. The van der Waals surface area contributed by atoms with Crippen molar-refractivity contribution >= 4 is 40.2 Å². The largest absolute Gasteiger partial charge is 0.372 e. The van der Waals surface area contributed by atoms with Crippen LogP contribution < -0.4 is 15.1 Å². The topological polar surface area (TPSA) is 61.0 Å². The quantitative estimate of drug-likeness (QED) is 0.209. The highest BCUT2D eigenvalue weighted by Gasteiger charge is 2.41. The summed E-state index contributed by atoms with van der Waals surface area (Å²) in [4.78, 5) is 15.2. The highest BCUT2D eigenvalue weighted by molar-refractivity contribution is 6.51. The number of para-hydroxylation sites is 3. The molecule has 0 radical (unpaired) electrons. The molecule has 4 aromatic carbocycles. The summed E-state index contributed by atoms with van der Waals surface area (Å²) in [6.07, 6.45) is 0. The fourth-order valence-corrected chi connectivity index (χ4v) is 6.51. The van der Waals surface area contributed by atoms with E-state index in [0.29, 0.717) is 5.84 Å². The molecule has 5 aromatic rings. The second-order valence-electron chi connectivity index (χ2n) is 12.9. The lowest BCUT2D eigenvalue weighted by molar-refractivity contribution is 0.589. The lowest BCUT2D eigenvalue weighted by Gasteiger charge is -2.40. The van der Waals surface area contributed by atoms with Crippen LogP contribution in [0.15, 0.2) is 113 Å². The number of aryl methyl sites for hydroxylation is 1. The van der Waals surface area contributed by atoms with Gasteiger partial charge in [0.2, 0.25) is 0 Å². The average Bonchev–Trinajstić information content (AvgIpc) is 3.41. The molecule has 0 fully saturated rings. The molecule has 0 spiro atoms. The van der Waals surface area contributed by atoms with E-state index in [-0.39, 0.29) is 11.5 Å². The first kappa shape index (κ1) is 29.5. The molecule has 1 N–H and O–H groups in total. The number of aromatic nitrogens is 2. The van der Waals surface area contributed by atoms with Gasteiger partial charge in [0.25, 0.3) is 0 Å². The molecule has 0 aliphatic carbocycles. The van der Waals surface area contributed by atoms with Crippen molar-refractivity contribution < 1.29 is 0 Å². The normalized spacial score (nSPS) is 15.3. The first-order valence-electron chi connectivity index (χ1n) is 16.2. The first-order chi connectivity index (χ1) is 22.3. The number of benzene rings is 4. The van der Waals surface area contributed by atoms with Gasteiger partial charge in [-0.2, -0.15) is 5.10 Å². The van der Waals surface area contributed by atoms with Gasteiger partial charge in [0.05, 0.1) is 28.8 Å². The molecule has 0 unspecified atom stereocenters. The van der Waals surface area contributed by atoms with Gasteiger partial charge in [0.15, 0.2) is 17.5 Å². The van der Waals surface area contributed by atoms with Gasteiger partial charge in [-0.15, -0.1) is 0 Å². The summed E-state index contributed by atoms with van der Waals surface area (Å²) in [5.74, 6) is 2.29. The molecule has 7 nitrogen and oxygen atoms in total. The van der Waals surface area contributed by atoms with Crippen molar-refractivity contribution in [2.24, 2.45) is 9.98 Å². The number of nitrogens with one attached hydrogen (secondary N) is 1. The Kier molecular flexibility index (Phi) is 7.47. The monoisotopic (exact) mass is 607 g/mol. The second-order valence-corrected chi connectivity index (χ2v) is 12.9. The predicted molar refractivity (Wildman–Crippen MR) is 192 cm³/mol. The van der Waals surface area contributed by atoms with Gasteiger partial charge in [0, 0.05) is 30.0 Å². The standard InChI is InChI=1S/C39H41N7/c1-7-44(8-2)30-24-22-29(23-25-30)40-36-38-42-37-34(26(3)43-46(37)31-14-10-9-11-15-31)35(27-18-20-28(21-19-27)39(4,5)6)45(38)33-17-13-12-16-32(33)41-36/h9-25,35H,7-8H2,1-6H3,(H,40,41)/t35-/m1/s1. The third-order valence-corrected chi connectivity index (χ3v) is 8.99. The van der Waals surface area contributed by atoms with Gasteiger partial charge in [-0.05, 0) is 85.8 Å². The van der Waals surface area contributed by atoms with Crippen molar-refractivity contribution in [3.63, 3.8) is 0 Å². The molecule has 1 atom stereocenters. The molecule has 3 heterocycles. The van der Waals surface area contributed by atoms with E-state index in [0.717, 1.165) is 58.7 Å². The van der Waals surface area contributed by atoms with E-state index in [9.17, 15) is 0 Å². The maximum Gasteiger partial charge on any atom is 0.179 e. The first-order valence-corrected chi connectivity index (χ1v) is 16.2. The molecule has 7 rings (SSSR count). The molecule has 2 aliphatic rings. The Morgan fingerprint density at radius 3 is 2.13 bits per heavy atom. The molecule has 46 heavy (non-hydrogen) atoms. The summed E-state index contributed by atoms with van der Waals surface area (Å²) in [5, 5.41) is 8.73. The highest BCUT2D eigenvalue weighted by Crippen LogP contribution is 2.48. The molecule has 1 aromatic heterocycles. The smallest absolute Gasteiger partial charge is 0.179 e. The summed E-state index contributed by atoms with van der Waals surface area (Å²) >= 11 is 0. The van der Waals surface area contributed by atoms with E-state index in [4.69, 9.17) is 15.1 Å². The van der Waals surface area contributed by atoms with Gasteiger partial charge >= 0.3 is 0 Å². The lowest BCUT2D eigenvalue weighted by atomic mass is 9.85. The van der Waals surface area contributed by atoms with Crippen LogP contribution in [0.5, 0.6) is 0 Å². The van der Waals surface area contributed by atoms with Gasteiger partial charge in [0.1, 0.15) is 0 Å². The van der Waals surface area contributed by atoms with Crippen LogP contribution in [0.3, 0.4) is 0 Å². The maximum atomic E-state index is 5.39. The molecule has 2 aliphatic heterocycles. The maximum absolute atomic E-state index is 5.39. The fraction of sp³-hybridized carbons (Fsp3) is 0.256. The third-order valence-electron chi connectivity index (χ3n) is 8.99. The van der Waals surface area contributed by atoms with Gasteiger partial charge in [-0.1, -0.05) is 75.4 Å². The van der Waals surface area contributed by atoms with Crippen molar-refractivity contribution in [1.29, 1.82) is 0 Å². The Morgan fingerprint density at radius 2 is 1.46 bits per heavy atom. The van der Waals surface area contributed by atoms with Crippen LogP contribution in [-0.4, -0.2) is 34.5 Å². The van der Waals surface area contributed by atoms with Crippen LogP contribution >= 0.6 is 0 Å². The van der Waals surface area contributed by atoms with Crippen molar-refractivity contribution in [2.75, 3.05) is 28.2 Å². The minimum atomic E-state index is -0.160. The molecule has 7 heteroatoms. The predicted octanol–water partition coefficient (Wildman–Crippen LogP) is 9.12. The molecular weight excluding hydrogens is 566 g/mol. The number of anilines is 3. The summed E-state index contributed by atoms with van der Waals surface area (Å²) in [5.41, 5.74) is 9.63. The summed E-state index contributed by atoms with van der Waals surface area (Å²) in [6.45, 7) is 15.2. The van der Waals surface area contributed by atoms with E-state index in [2.05, 4.69) is 136 Å². The zero-order valence-corrected chi connectivity index (χ0v) is 27.5. The number of rotatable bonds is 6. The van der Waals surface area contributed by atoms with E-state index in [1.165, 1.54) is 16.8 Å². The number of amidine groups is 2. The van der Waals surface area contributed by atoms with E-state index in [1.54, 1.807) is 0 Å². The number of fused-ring (bicyclic) bond motifs is 4. The zero-order valence-electron chi connectivity index (χ0n) is 27.5. The Morgan fingerprint density at radius 1 is 0.783 bits per heavy atom.